The maximum absolute atomic E-state index is 13.7. The number of fused-ring (bicyclic) bond motifs is 3. The quantitative estimate of drug-likeness (QED) is 0.579. The van der Waals surface area contributed by atoms with E-state index in [2.05, 4.69) is 34.1 Å². The third-order valence-corrected chi connectivity index (χ3v) is 4.75. The first-order chi connectivity index (χ1) is 13.6. The fourth-order valence-corrected chi connectivity index (χ4v) is 3.60. The zero-order chi connectivity index (χ0) is 20.5. The van der Waals surface area contributed by atoms with Gasteiger partial charge in [-0.25, -0.2) is 4.39 Å². The van der Waals surface area contributed by atoms with Crippen LogP contribution >= 0.6 is 0 Å². The zero-order valence-electron chi connectivity index (χ0n) is 17.0. The van der Waals surface area contributed by atoms with Crippen molar-refractivity contribution in [3.8, 4) is 0 Å². The summed E-state index contributed by atoms with van der Waals surface area (Å²) in [5.41, 5.74) is 5.04. The van der Waals surface area contributed by atoms with Gasteiger partial charge in [0.1, 0.15) is 5.82 Å². The largest absolute Gasteiger partial charge is 0.344 e. The van der Waals surface area contributed by atoms with Crippen LogP contribution in [0.15, 0.2) is 55.4 Å². The van der Waals surface area contributed by atoms with Crippen LogP contribution in [0.3, 0.4) is 0 Å². The summed E-state index contributed by atoms with van der Waals surface area (Å²) in [6, 6.07) is 9.26. The summed E-state index contributed by atoms with van der Waals surface area (Å²) in [4.78, 5) is 6.49. The lowest BCUT2D eigenvalue weighted by molar-refractivity contribution is 0.309. The fourth-order valence-electron chi connectivity index (χ4n) is 3.60. The van der Waals surface area contributed by atoms with Gasteiger partial charge < -0.3 is 9.47 Å². The molecule has 28 heavy (non-hydrogen) atoms. The van der Waals surface area contributed by atoms with Crippen molar-refractivity contribution in [3.63, 3.8) is 0 Å². The first-order valence-corrected chi connectivity index (χ1v) is 9.45. The van der Waals surface area contributed by atoms with E-state index in [0.29, 0.717) is 7.18 Å². The second-order valence-corrected chi connectivity index (χ2v) is 6.75. The number of allylic oxidation sites excluding steroid dienone is 1. The normalized spacial score (nSPS) is 13.0. The fraction of sp³-hybridized carbons (Fsp3) is 0.348. The van der Waals surface area contributed by atoms with E-state index >= 15 is 0 Å². The molecule has 0 saturated carbocycles. The number of likely N-dealkylation sites (N-methyl/N-ethyl adjacent to an activating group) is 1. The van der Waals surface area contributed by atoms with Crippen LogP contribution in [0, 0.1) is 5.82 Å². The molecule has 0 saturated heterocycles. The van der Waals surface area contributed by atoms with Crippen molar-refractivity contribution in [1.82, 2.24) is 14.5 Å². The van der Waals surface area contributed by atoms with Crippen molar-refractivity contribution in [2.75, 3.05) is 20.8 Å². The molecule has 1 aliphatic heterocycles. The van der Waals surface area contributed by atoms with E-state index in [1.807, 2.05) is 25.3 Å². The molecule has 3 aromatic rings. The smallest absolute Gasteiger partial charge is 0.123 e. The Bertz CT molecular complexity index is 888. The third-order valence-electron chi connectivity index (χ3n) is 4.75. The standard InChI is InChI=1S/C19H20FN3.C3H6.CH3F/c1-22-9-7-19-17(13-22)16-11-15(20)4-5-18(16)23(19)10-6-14-3-2-8-21-12-14;1-3-2;1-2/h2-5,8,11-12H,6-7,9-10,13H2,1H3;3H,1H2,2H3;1H3. The molecule has 1 aromatic carbocycles. The molecule has 0 aliphatic carbocycles. The highest BCUT2D eigenvalue weighted by atomic mass is 19.1. The van der Waals surface area contributed by atoms with Gasteiger partial charge in [0.15, 0.2) is 0 Å². The van der Waals surface area contributed by atoms with Crippen LogP contribution in [0.25, 0.3) is 10.9 Å². The number of halogens is 2. The summed E-state index contributed by atoms with van der Waals surface area (Å²) in [5, 5.41) is 1.07. The molecule has 3 heterocycles. The second kappa shape index (κ2) is 10.7. The number of benzene rings is 1. The van der Waals surface area contributed by atoms with E-state index in [9.17, 15) is 8.78 Å². The number of rotatable bonds is 3. The molecule has 0 atom stereocenters. The molecule has 1 aliphatic rings. The Balaban J connectivity index is 0.000000514. The van der Waals surface area contributed by atoms with Crippen molar-refractivity contribution in [3.05, 3.63) is 78.0 Å². The molecule has 4 rings (SSSR count). The highest BCUT2D eigenvalue weighted by Gasteiger charge is 2.22. The molecule has 150 valence electrons. The Hall–Kier alpha value is -2.53. The van der Waals surface area contributed by atoms with Gasteiger partial charge in [-0.05, 0) is 55.8 Å². The maximum Gasteiger partial charge on any atom is 0.123 e. The second-order valence-electron chi connectivity index (χ2n) is 6.75. The van der Waals surface area contributed by atoms with Crippen LogP contribution in [0.4, 0.5) is 8.78 Å². The highest BCUT2D eigenvalue weighted by Crippen LogP contribution is 2.31. The molecular weight excluding hydrogens is 356 g/mol. The van der Waals surface area contributed by atoms with Gasteiger partial charge in [-0.3, -0.25) is 9.37 Å². The van der Waals surface area contributed by atoms with E-state index in [-0.39, 0.29) is 5.82 Å². The zero-order valence-corrected chi connectivity index (χ0v) is 17.0. The summed E-state index contributed by atoms with van der Waals surface area (Å²) in [6.45, 7) is 8.11. The van der Waals surface area contributed by atoms with Gasteiger partial charge in [-0.1, -0.05) is 12.1 Å². The molecule has 0 bridgehead atoms. The van der Waals surface area contributed by atoms with E-state index in [1.54, 1.807) is 24.4 Å². The predicted octanol–water partition coefficient (Wildman–Crippen LogP) is 5.18. The molecule has 0 amide bonds. The van der Waals surface area contributed by atoms with Gasteiger partial charge in [-0.2, -0.15) is 0 Å². The van der Waals surface area contributed by atoms with Gasteiger partial charge >= 0.3 is 0 Å². The van der Waals surface area contributed by atoms with E-state index in [1.165, 1.54) is 16.8 Å². The SMILES string of the molecule is C=CC.CF.CN1CCc2c(c3cc(F)ccc3n2CCc2cccnc2)C1. The van der Waals surface area contributed by atoms with Crippen molar-refractivity contribution >= 4 is 10.9 Å². The van der Waals surface area contributed by atoms with Crippen molar-refractivity contribution in [2.45, 2.75) is 32.9 Å². The summed E-state index contributed by atoms with van der Waals surface area (Å²) in [5.74, 6) is -0.155. The number of hydrogen-bond acceptors (Lipinski definition) is 2. The first-order valence-electron chi connectivity index (χ1n) is 9.45. The van der Waals surface area contributed by atoms with Crippen LogP contribution in [0.1, 0.15) is 23.7 Å². The van der Waals surface area contributed by atoms with E-state index < -0.39 is 0 Å². The van der Waals surface area contributed by atoms with Gasteiger partial charge in [0.2, 0.25) is 0 Å². The summed E-state index contributed by atoms with van der Waals surface area (Å²) < 4.78 is 25.6. The monoisotopic (exact) mass is 385 g/mol. The summed E-state index contributed by atoms with van der Waals surface area (Å²) >= 11 is 0. The number of aryl methyl sites for hydroxylation is 2. The van der Waals surface area contributed by atoms with Gasteiger partial charge in [0.25, 0.3) is 0 Å². The first kappa shape index (κ1) is 21.8. The van der Waals surface area contributed by atoms with Gasteiger partial charge in [0, 0.05) is 55.0 Å². The third kappa shape index (κ3) is 5.04. The average Bonchev–Trinajstić information content (AvgIpc) is 3.01. The molecule has 2 aromatic heterocycles. The van der Waals surface area contributed by atoms with Crippen LogP contribution in [-0.4, -0.2) is 35.2 Å². The highest BCUT2D eigenvalue weighted by molar-refractivity contribution is 5.86. The van der Waals surface area contributed by atoms with E-state index in [0.717, 1.165) is 43.4 Å². The number of aromatic nitrogens is 2. The molecule has 3 nitrogen and oxygen atoms in total. The van der Waals surface area contributed by atoms with Crippen molar-refractivity contribution in [2.24, 2.45) is 0 Å². The number of alkyl halides is 1. The van der Waals surface area contributed by atoms with E-state index in [4.69, 9.17) is 0 Å². The van der Waals surface area contributed by atoms with Crippen LogP contribution in [-0.2, 0) is 25.9 Å². The predicted molar refractivity (Wildman–Crippen MR) is 113 cm³/mol. The minimum absolute atomic E-state index is 0.155. The van der Waals surface area contributed by atoms with Crippen molar-refractivity contribution in [1.29, 1.82) is 0 Å². The summed E-state index contributed by atoms with van der Waals surface area (Å²) in [6.07, 6.45) is 7.44. The summed E-state index contributed by atoms with van der Waals surface area (Å²) in [7, 11) is 2.63. The van der Waals surface area contributed by atoms with Crippen molar-refractivity contribution < 1.29 is 8.78 Å². The van der Waals surface area contributed by atoms with Crippen LogP contribution < -0.4 is 0 Å². The number of nitrogens with zero attached hydrogens (tertiary/aromatic N) is 3. The molecule has 0 spiro atoms. The minimum atomic E-state index is -0.155. The molecule has 0 unspecified atom stereocenters. The molecule has 0 radical (unpaired) electrons. The van der Waals surface area contributed by atoms with Gasteiger partial charge in [0.05, 0.1) is 7.18 Å². The van der Waals surface area contributed by atoms with Crippen LogP contribution in [0.2, 0.25) is 0 Å². The molecule has 0 N–H and O–H groups in total. The Labute approximate surface area is 166 Å². The molecule has 5 heteroatoms. The lowest BCUT2D eigenvalue weighted by atomic mass is 10.0. The Morgan fingerprint density at radius 1 is 1.25 bits per heavy atom. The lowest BCUT2D eigenvalue weighted by Crippen LogP contribution is -2.27. The Morgan fingerprint density at radius 2 is 2.00 bits per heavy atom. The minimum Gasteiger partial charge on any atom is -0.344 e. The molecular formula is C23H29F2N3. The number of pyridine rings is 1. The van der Waals surface area contributed by atoms with Crippen LogP contribution in [0.5, 0.6) is 0 Å². The Morgan fingerprint density at radius 3 is 2.68 bits per heavy atom. The molecule has 0 fully saturated rings. The van der Waals surface area contributed by atoms with Gasteiger partial charge in [-0.15, -0.1) is 6.58 Å². The Kier molecular flexibility index (Phi) is 8.33. The lowest BCUT2D eigenvalue weighted by Gasteiger charge is -2.24. The number of hydrogen-bond donors (Lipinski definition) is 0. The maximum atomic E-state index is 13.7. The average molecular weight is 386 g/mol. The topological polar surface area (TPSA) is 21.1 Å².